The van der Waals surface area contributed by atoms with E-state index in [9.17, 15) is 4.79 Å². The van der Waals surface area contributed by atoms with Gasteiger partial charge in [-0.3, -0.25) is 4.79 Å². The summed E-state index contributed by atoms with van der Waals surface area (Å²) < 4.78 is 0. The van der Waals surface area contributed by atoms with Crippen LogP contribution in [0.5, 0.6) is 0 Å². The molecule has 0 aromatic heterocycles. The van der Waals surface area contributed by atoms with Crippen molar-refractivity contribution in [2.45, 2.75) is 32.6 Å². The smallest absolute Gasteiger partial charge is 0.224 e. The van der Waals surface area contributed by atoms with Crippen molar-refractivity contribution in [1.82, 2.24) is 10.2 Å². The van der Waals surface area contributed by atoms with Gasteiger partial charge in [0.2, 0.25) is 5.91 Å². The fourth-order valence-corrected chi connectivity index (χ4v) is 3.69. The molecule has 1 amide bonds. The summed E-state index contributed by atoms with van der Waals surface area (Å²) in [5.74, 6) is 0.293. The molecule has 0 unspecified atom stereocenters. The maximum absolute atomic E-state index is 12.3. The summed E-state index contributed by atoms with van der Waals surface area (Å²) >= 11 is 0. The van der Waals surface area contributed by atoms with Crippen molar-refractivity contribution in [3.05, 3.63) is 29.8 Å². The lowest BCUT2D eigenvalue weighted by molar-refractivity contribution is -0.133. The molecule has 2 aliphatic rings. The maximum Gasteiger partial charge on any atom is 0.224 e. The van der Waals surface area contributed by atoms with Crippen LogP contribution in [-0.2, 0) is 4.79 Å². The number of anilines is 1. The van der Waals surface area contributed by atoms with Gasteiger partial charge in [0.15, 0.2) is 0 Å². The highest BCUT2D eigenvalue weighted by atomic mass is 16.2. The van der Waals surface area contributed by atoms with E-state index in [0.29, 0.717) is 24.3 Å². The van der Waals surface area contributed by atoms with Gasteiger partial charge in [0.1, 0.15) is 0 Å². The molecular weight excluding hydrogens is 274 g/mol. The first-order valence-electron chi connectivity index (χ1n) is 8.47. The van der Waals surface area contributed by atoms with Gasteiger partial charge in [0, 0.05) is 38.3 Å². The number of benzene rings is 1. The molecule has 2 N–H and O–H groups in total. The molecule has 0 atom stereocenters. The average Bonchev–Trinajstić information content (AvgIpc) is 2.98. The number of likely N-dealkylation sites (tertiary alicyclic amines) is 1. The van der Waals surface area contributed by atoms with E-state index in [2.05, 4.69) is 34.6 Å². The van der Waals surface area contributed by atoms with Crippen LogP contribution in [0.4, 0.5) is 5.69 Å². The van der Waals surface area contributed by atoms with Gasteiger partial charge in [-0.25, -0.2) is 0 Å². The largest absolute Gasteiger partial charge is 0.384 e. The van der Waals surface area contributed by atoms with E-state index >= 15 is 0 Å². The molecule has 1 aromatic rings. The molecule has 120 valence electrons. The Morgan fingerprint density at radius 2 is 2.05 bits per heavy atom. The first-order chi connectivity index (χ1) is 10.7. The molecule has 2 aliphatic heterocycles. The molecule has 22 heavy (non-hydrogen) atoms. The Bertz CT molecular complexity index is 513. The van der Waals surface area contributed by atoms with Crippen LogP contribution in [0.15, 0.2) is 24.3 Å². The molecule has 1 spiro atoms. The second kappa shape index (κ2) is 6.69. The summed E-state index contributed by atoms with van der Waals surface area (Å²) in [6.07, 6.45) is 4.19. The molecule has 2 saturated heterocycles. The number of carbonyl (C=O) groups is 1. The summed E-state index contributed by atoms with van der Waals surface area (Å²) in [5, 5.41) is 6.85. The van der Waals surface area contributed by atoms with Crippen LogP contribution < -0.4 is 10.6 Å². The maximum atomic E-state index is 12.3. The van der Waals surface area contributed by atoms with Crippen molar-refractivity contribution in [3.8, 4) is 0 Å². The van der Waals surface area contributed by atoms with Crippen LogP contribution in [0.3, 0.4) is 0 Å². The van der Waals surface area contributed by atoms with Crippen molar-refractivity contribution >= 4 is 11.6 Å². The third kappa shape index (κ3) is 3.43. The fraction of sp³-hybridized carbons (Fsp3) is 0.611. The molecule has 3 rings (SSSR count). The van der Waals surface area contributed by atoms with Gasteiger partial charge in [-0.1, -0.05) is 18.2 Å². The predicted molar refractivity (Wildman–Crippen MR) is 90.0 cm³/mol. The van der Waals surface area contributed by atoms with E-state index in [1.165, 1.54) is 12.0 Å². The Morgan fingerprint density at radius 3 is 2.73 bits per heavy atom. The van der Waals surface area contributed by atoms with Gasteiger partial charge in [0.05, 0.1) is 0 Å². The van der Waals surface area contributed by atoms with Gasteiger partial charge in [-0.05, 0) is 49.8 Å². The van der Waals surface area contributed by atoms with Crippen molar-refractivity contribution in [2.24, 2.45) is 5.41 Å². The molecule has 4 heteroatoms. The minimum atomic E-state index is 0.293. The second-order valence-corrected chi connectivity index (χ2v) is 6.80. The quantitative estimate of drug-likeness (QED) is 0.897. The van der Waals surface area contributed by atoms with Crippen molar-refractivity contribution < 1.29 is 4.79 Å². The number of aryl methyl sites for hydroxylation is 1. The zero-order valence-electron chi connectivity index (χ0n) is 13.5. The topological polar surface area (TPSA) is 44.4 Å². The number of nitrogens with zero attached hydrogens (tertiary/aromatic N) is 1. The number of para-hydroxylation sites is 1. The number of amides is 1. The Kier molecular flexibility index (Phi) is 4.67. The lowest BCUT2D eigenvalue weighted by Gasteiger charge is -2.39. The summed E-state index contributed by atoms with van der Waals surface area (Å²) in [4.78, 5) is 14.4. The van der Waals surface area contributed by atoms with Crippen LogP contribution in [0.25, 0.3) is 0 Å². The summed E-state index contributed by atoms with van der Waals surface area (Å²) in [6, 6.07) is 8.21. The standard InChI is InChI=1S/C18H27N3O/c1-15-4-2-3-5-16(15)20-10-6-17(22)21-12-8-18(9-13-21)7-11-19-14-18/h2-5,19-20H,6-14H2,1H3. The van der Waals surface area contributed by atoms with Gasteiger partial charge in [-0.2, -0.15) is 0 Å². The van der Waals surface area contributed by atoms with Gasteiger partial charge in [0.25, 0.3) is 0 Å². The zero-order chi connectivity index (χ0) is 15.4. The molecule has 2 fully saturated rings. The SMILES string of the molecule is Cc1ccccc1NCCC(=O)N1CCC2(CCNC2)CC1. The molecule has 0 radical (unpaired) electrons. The third-order valence-corrected chi connectivity index (χ3v) is 5.31. The van der Waals surface area contributed by atoms with E-state index in [-0.39, 0.29) is 0 Å². The molecule has 4 nitrogen and oxygen atoms in total. The number of hydrogen-bond acceptors (Lipinski definition) is 3. The first kappa shape index (κ1) is 15.3. The van der Waals surface area contributed by atoms with Gasteiger partial charge >= 0.3 is 0 Å². The Hall–Kier alpha value is -1.55. The minimum absolute atomic E-state index is 0.293. The van der Waals surface area contributed by atoms with Crippen LogP contribution in [0, 0.1) is 12.3 Å². The number of carbonyl (C=O) groups excluding carboxylic acids is 1. The Morgan fingerprint density at radius 1 is 1.27 bits per heavy atom. The number of piperidine rings is 1. The van der Waals surface area contributed by atoms with Crippen LogP contribution in [-0.4, -0.2) is 43.5 Å². The van der Waals surface area contributed by atoms with E-state index in [1.54, 1.807) is 0 Å². The second-order valence-electron chi connectivity index (χ2n) is 6.80. The number of rotatable bonds is 4. The highest BCUT2D eigenvalue weighted by Crippen LogP contribution is 2.36. The molecule has 0 bridgehead atoms. The molecule has 0 aliphatic carbocycles. The first-order valence-corrected chi connectivity index (χ1v) is 8.47. The third-order valence-electron chi connectivity index (χ3n) is 5.31. The summed E-state index contributed by atoms with van der Waals surface area (Å²) in [7, 11) is 0. The molecular formula is C18H27N3O. The molecule has 2 heterocycles. The average molecular weight is 301 g/mol. The summed E-state index contributed by atoms with van der Waals surface area (Å²) in [6.45, 7) is 6.96. The zero-order valence-corrected chi connectivity index (χ0v) is 13.5. The lowest BCUT2D eigenvalue weighted by Crippen LogP contribution is -2.44. The normalized spacial score (nSPS) is 20.3. The monoisotopic (exact) mass is 301 g/mol. The van der Waals surface area contributed by atoms with E-state index in [0.717, 1.165) is 44.7 Å². The van der Waals surface area contributed by atoms with E-state index < -0.39 is 0 Å². The molecule has 1 aromatic carbocycles. The van der Waals surface area contributed by atoms with Gasteiger partial charge in [-0.15, -0.1) is 0 Å². The highest BCUT2D eigenvalue weighted by molar-refractivity contribution is 5.77. The molecule has 0 saturated carbocycles. The Balaban J connectivity index is 1.42. The van der Waals surface area contributed by atoms with Crippen LogP contribution in [0.1, 0.15) is 31.2 Å². The highest BCUT2D eigenvalue weighted by Gasteiger charge is 2.37. The number of hydrogen-bond donors (Lipinski definition) is 2. The minimum Gasteiger partial charge on any atom is -0.384 e. The fourth-order valence-electron chi connectivity index (χ4n) is 3.69. The number of nitrogens with one attached hydrogen (secondary N) is 2. The van der Waals surface area contributed by atoms with Crippen molar-refractivity contribution in [3.63, 3.8) is 0 Å². The van der Waals surface area contributed by atoms with Crippen molar-refractivity contribution in [1.29, 1.82) is 0 Å². The van der Waals surface area contributed by atoms with Gasteiger partial charge < -0.3 is 15.5 Å². The lowest BCUT2D eigenvalue weighted by atomic mass is 9.78. The van der Waals surface area contributed by atoms with Crippen molar-refractivity contribution in [2.75, 3.05) is 38.0 Å². The van der Waals surface area contributed by atoms with Crippen LogP contribution >= 0.6 is 0 Å². The Labute approximate surface area is 133 Å². The van der Waals surface area contributed by atoms with Crippen LogP contribution in [0.2, 0.25) is 0 Å². The van der Waals surface area contributed by atoms with E-state index in [4.69, 9.17) is 0 Å². The van der Waals surface area contributed by atoms with E-state index in [1.807, 2.05) is 12.1 Å². The predicted octanol–water partition coefficient (Wildman–Crippen LogP) is 2.40. The summed E-state index contributed by atoms with van der Waals surface area (Å²) in [5.41, 5.74) is 2.84.